The Morgan fingerprint density at radius 3 is 1.86 bits per heavy atom. The van der Waals surface area contributed by atoms with Crippen LogP contribution >= 0.6 is 0 Å². The summed E-state index contributed by atoms with van der Waals surface area (Å²) in [5.41, 5.74) is 10.3. The van der Waals surface area contributed by atoms with Gasteiger partial charge in [0.05, 0.1) is 13.0 Å². The first-order valence-electron chi connectivity index (χ1n) is 8.72. The maximum Gasteiger partial charge on any atom is 0.326 e. The van der Waals surface area contributed by atoms with Crippen molar-refractivity contribution in [1.29, 1.82) is 0 Å². The minimum Gasteiger partial charge on any atom is -0.481 e. The molecule has 0 fully saturated rings. The number of carboxylic acid groups (broad SMARTS) is 2. The van der Waals surface area contributed by atoms with E-state index in [2.05, 4.69) is 10.6 Å². The third-order valence-corrected chi connectivity index (χ3v) is 3.76. The van der Waals surface area contributed by atoms with E-state index in [0.717, 1.165) is 0 Å². The third kappa shape index (κ3) is 10.0. The molecule has 0 bridgehead atoms. The van der Waals surface area contributed by atoms with Gasteiger partial charge in [0.2, 0.25) is 23.6 Å². The molecular weight excluding hydrogens is 390 g/mol. The van der Waals surface area contributed by atoms with Gasteiger partial charge in [0, 0.05) is 6.42 Å². The van der Waals surface area contributed by atoms with Crippen LogP contribution in [0.15, 0.2) is 0 Å². The van der Waals surface area contributed by atoms with E-state index in [1.165, 1.54) is 0 Å². The molecule has 3 unspecified atom stereocenters. The predicted octanol–water partition coefficient (Wildman–Crippen LogP) is -3.12. The first-order chi connectivity index (χ1) is 13.4. The van der Waals surface area contributed by atoms with Crippen LogP contribution in [-0.4, -0.2) is 70.5 Å². The number of primary amides is 1. The summed E-state index contributed by atoms with van der Waals surface area (Å²) in [5.74, 6) is -6.59. The smallest absolute Gasteiger partial charge is 0.326 e. The molecule has 29 heavy (non-hydrogen) atoms. The zero-order valence-electron chi connectivity index (χ0n) is 16.1. The molecule has 4 amide bonds. The summed E-state index contributed by atoms with van der Waals surface area (Å²) in [6, 6.07) is -4.18. The van der Waals surface area contributed by atoms with Crippen molar-refractivity contribution in [2.24, 2.45) is 17.4 Å². The van der Waals surface area contributed by atoms with E-state index in [-0.39, 0.29) is 25.3 Å². The number of carbonyl (C=O) groups excluding carboxylic acids is 4. The molecule has 164 valence electrons. The number of hydrogen-bond donors (Lipinski definition) is 7. The van der Waals surface area contributed by atoms with E-state index in [9.17, 15) is 28.8 Å². The van der Waals surface area contributed by atoms with Crippen LogP contribution in [0.4, 0.5) is 0 Å². The number of rotatable bonds is 13. The van der Waals surface area contributed by atoms with Gasteiger partial charge in [-0.05, 0) is 12.3 Å². The van der Waals surface area contributed by atoms with Crippen LogP contribution in [-0.2, 0) is 28.8 Å². The van der Waals surface area contributed by atoms with Crippen molar-refractivity contribution in [3.63, 3.8) is 0 Å². The Labute approximate surface area is 166 Å². The average Bonchev–Trinajstić information content (AvgIpc) is 2.60. The quantitative estimate of drug-likeness (QED) is 0.160. The van der Waals surface area contributed by atoms with E-state index < -0.39 is 60.1 Å². The fraction of sp³-hybridized carbons (Fsp3) is 0.625. The van der Waals surface area contributed by atoms with E-state index in [4.69, 9.17) is 21.7 Å². The van der Waals surface area contributed by atoms with Crippen molar-refractivity contribution in [3.05, 3.63) is 0 Å². The second-order valence-corrected chi connectivity index (χ2v) is 6.56. The number of nitrogens with two attached hydrogens (primary N) is 2. The highest BCUT2D eigenvalue weighted by molar-refractivity contribution is 5.94. The van der Waals surface area contributed by atoms with Gasteiger partial charge in [0.1, 0.15) is 18.1 Å². The molecule has 13 heteroatoms. The molecule has 0 rings (SSSR count). The van der Waals surface area contributed by atoms with Crippen LogP contribution in [0.3, 0.4) is 0 Å². The fourth-order valence-electron chi connectivity index (χ4n) is 2.23. The summed E-state index contributed by atoms with van der Waals surface area (Å²) >= 11 is 0. The highest BCUT2D eigenvalue weighted by Crippen LogP contribution is 2.06. The Hall–Kier alpha value is -3.22. The maximum absolute atomic E-state index is 12.5. The van der Waals surface area contributed by atoms with Gasteiger partial charge >= 0.3 is 11.9 Å². The summed E-state index contributed by atoms with van der Waals surface area (Å²) in [5, 5.41) is 24.5. The zero-order valence-corrected chi connectivity index (χ0v) is 16.1. The minimum atomic E-state index is -1.74. The van der Waals surface area contributed by atoms with Crippen molar-refractivity contribution in [3.8, 4) is 0 Å². The Kier molecular flexibility index (Phi) is 10.9. The van der Waals surface area contributed by atoms with Gasteiger partial charge in [-0.3, -0.25) is 24.0 Å². The average molecular weight is 417 g/mol. The topological polar surface area (TPSA) is 231 Å². The molecule has 0 aromatic carbocycles. The van der Waals surface area contributed by atoms with E-state index in [1.807, 2.05) is 5.32 Å². The molecule has 0 aliphatic rings. The highest BCUT2D eigenvalue weighted by atomic mass is 16.4. The largest absolute Gasteiger partial charge is 0.481 e. The minimum absolute atomic E-state index is 0.262. The Balaban J connectivity index is 5.41. The Morgan fingerprint density at radius 2 is 1.45 bits per heavy atom. The summed E-state index contributed by atoms with van der Waals surface area (Å²) in [6.07, 6.45) is -1.46. The molecule has 9 N–H and O–H groups in total. The van der Waals surface area contributed by atoms with Crippen LogP contribution in [0.25, 0.3) is 0 Å². The summed E-state index contributed by atoms with van der Waals surface area (Å²) in [7, 11) is 0. The summed E-state index contributed by atoms with van der Waals surface area (Å²) in [6.45, 7) is 2.90. The van der Waals surface area contributed by atoms with Crippen LogP contribution in [0.1, 0.15) is 33.1 Å². The molecule has 0 spiro atoms. The Morgan fingerprint density at radius 1 is 0.897 bits per heavy atom. The van der Waals surface area contributed by atoms with Crippen molar-refractivity contribution in [2.75, 3.05) is 6.54 Å². The number of carboxylic acids is 2. The molecule has 0 heterocycles. The maximum atomic E-state index is 12.5. The fourth-order valence-corrected chi connectivity index (χ4v) is 2.23. The first kappa shape index (κ1) is 25.8. The molecule has 0 radical (unpaired) electrons. The van der Waals surface area contributed by atoms with Gasteiger partial charge in [-0.15, -0.1) is 0 Å². The lowest BCUT2D eigenvalue weighted by Crippen LogP contribution is -2.57. The lowest BCUT2D eigenvalue weighted by molar-refractivity contribution is -0.147. The highest BCUT2D eigenvalue weighted by Gasteiger charge is 2.31. The molecule has 0 aliphatic heterocycles. The molecular formula is C16H27N5O8. The second kappa shape index (κ2) is 12.3. The van der Waals surface area contributed by atoms with Gasteiger partial charge in [-0.2, -0.15) is 0 Å². The first-order valence-corrected chi connectivity index (χ1v) is 8.72. The Bertz CT molecular complexity index is 651. The lowest BCUT2D eigenvalue weighted by atomic mass is 10.0. The number of amides is 4. The number of hydrogen-bond acceptors (Lipinski definition) is 7. The van der Waals surface area contributed by atoms with Crippen LogP contribution < -0.4 is 27.4 Å². The third-order valence-electron chi connectivity index (χ3n) is 3.76. The molecule has 0 aliphatic carbocycles. The normalized spacial score (nSPS) is 13.7. The summed E-state index contributed by atoms with van der Waals surface area (Å²) in [4.78, 5) is 69.4. The van der Waals surface area contributed by atoms with Gasteiger partial charge in [-0.25, -0.2) is 4.79 Å². The lowest BCUT2D eigenvalue weighted by Gasteiger charge is -2.25. The molecule has 0 saturated heterocycles. The number of aliphatic carboxylic acids is 2. The zero-order chi connectivity index (χ0) is 22.7. The summed E-state index contributed by atoms with van der Waals surface area (Å²) < 4.78 is 0. The monoisotopic (exact) mass is 417 g/mol. The van der Waals surface area contributed by atoms with E-state index in [1.54, 1.807) is 13.8 Å². The van der Waals surface area contributed by atoms with Crippen molar-refractivity contribution >= 4 is 35.6 Å². The molecule has 0 saturated carbocycles. The van der Waals surface area contributed by atoms with E-state index in [0.29, 0.717) is 0 Å². The van der Waals surface area contributed by atoms with Crippen LogP contribution in [0.2, 0.25) is 0 Å². The van der Waals surface area contributed by atoms with Gasteiger partial charge in [-0.1, -0.05) is 13.8 Å². The molecule has 13 nitrogen and oxygen atoms in total. The van der Waals surface area contributed by atoms with Gasteiger partial charge < -0.3 is 37.6 Å². The van der Waals surface area contributed by atoms with Crippen molar-refractivity contribution in [1.82, 2.24) is 16.0 Å². The molecule has 0 aromatic rings. The van der Waals surface area contributed by atoms with Crippen LogP contribution in [0.5, 0.6) is 0 Å². The van der Waals surface area contributed by atoms with Crippen LogP contribution in [0, 0.1) is 5.92 Å². The van der Waals surface area contributed by atoms with Gasteiger partial charge in [0.25, 0.3) is 0 Å². The standard InChI is InChI=1S/C16H27N5O8/c1-7(2)13(21-11(23)6-17)15(27)19-8(3-4-10(18)22)14(26)20-9(16(28)29)5-12(24)25/h7-9,13H,3-6,17H2,1-2H3,(H2,18,22)(H,19,27)(H,20,26)(H,21,23)(H,24,25)(H,28,29). The van der Waals surface area contributed by atoms with Crippen molar-refractivity contribution < 1.29 is 39.0 Å². The number of nitrogens with one attached hydrogen (secondary N) is 3. The molecule has 0 aromatic heterocycles. The second-order valence-electron chi connectivity index (χ2n) is 6.56. The predicted molar refractivity (Wildman–Crippen MR) is 98.0 cm³/mol. The van der Waals surface area contributed by atoms with Crippen molar-refractivity contribution in [2.45, 2.75) is 51.2 Å². The van der Waals surface area contributed by atoms with E-state index >= 15 is 0 Å². The SMILES string of the molecule is CC(C)C(NC(=O)CN)C(=O)NC(CCC(N)=O)C(=O)NC(CC(=O)O)C(=O)O. The number of carbonyl (C=O) groups is 6. The van der Waals surface area contributed by atoms with Gasteiger partial charge in [0.15, 0.2) is 0 Å². The molecule has 3 atom stereocenters.